The maximum Gasteiger partial charge on any atom is 0.325 e. The SMILES string of the molecule is Cc1cccc(C(C)C)c1NC(=O)CN1C(=O)N[C@](C)(c2ccccc2Cl)C1=O. The van der Waals surface area contributed by atoms with Gasteiger partial charge in [0.2, 0.25) is 5.91 Å². The molecule has 6 nitrogen and oxygen atoms in total. The van der Waals surface area contributed by atoms with Gasteiger partial charge < -0.3 is 10.6 Å². The van der Waals surface area contributed by atoms with Crippen LogP contribution in [0.25, 0.3) is 0 Å². The molecule has 0 unspecified atom stereocenters. The number of para-hydroxylation sites is 1. The summed E-state index contributed by atoms with van der Waals surface area (Å²) in [6.45, 7) is 7.19. The summed E-state index contributed by atoms with van der Waals surface area (Å²) in [5, 5.41) is 5.91. The molecule has 2 N–H and O–H groups in total. The highest BCUT2D eigenvalue weighted by Gasteiger charge is 2.50. The Labute approximate surface area is 175 Å². The number of imide groups is 1. The van der Waals surface area contributed by atoms with Crippen molar-refractivity contribution in [3.05, 3.63) is 64.2 Å². The summed E-state index contributed by atoms with van der Waals surface area (Å²) >= 11 is 6.23. The van der Waals surface area contributed by atoms with Crippen LogP contribution in [-0.4, -0.2) is 29.3 Å². The number of hydrogen-bond donors (Lipinski definition) is 2. The molecule has 4 amide bonds. The minimum absolute atomic E-state index is 0.213. The third-order valence-corrected chi connectivity index (χ3v) is 5.51. The van der Waals surface area contributed by atoms with Crippen LogP contribution < -0.4 is 10.6 Å². The Hall–Kier alpha value is -2.86. The molecule has 1 atom stereocenters. The largest absolute Gasteiger partial charge is 0.325 e. The second kappa shape index (κ2) is 7.87. The number of nitrogens with one attached hydrogen (secondary N) is 2. The zero-order chi connectivity index (χ0) is 21.3. The normalized spacial score (nSPS) is 18.9. The molecule has 0 aliphatic carbocycles. The second-order valence-electron chi connectivity index (χ2n) is 7.67. The molecule has 2 aromatic rings. The van der Waals surface area contributed by atoms with Crippen LogP contribution in [0.2, 0.25) is 5.02 Å². The number of urea groups is 1. The van der Waals surface area contributed by atoms with Gasteiger partial charge in [-0.15, -0.1) is 0 Å². The summed E-state index contributed by atoms with van der Waals surface area (Å²) in [5.41, 5.74) is 1.80. The first-order valence-corrected chi connectivity index (χ1v) is 9.81. The highest BCUT2D eigenvalue weighted by atomic mass is 35.5. The van der Waals surface area contributed by atoms with E-state index in [0.717, 1.165) is 16.0 Å². The summed E-state index contributed by atoms with van der Waals surface area (Å²) in [6.07, 6.45) is 0. The Morgan fingerprint density at radius 3 is 2.52 bits per heavy atom. The van der Waals surface area contributed by atoms with Crippen LogP contribution in [-0.2, 0) is 15.1 Å². The van der Waals surface area contributed by atoms with E-state index in [1.165, 1.54) is 0 Å². The van der Waals surface area contributed by atoms with Gasteiger partial charge in [-0.3, -0.25) is 14.5 Å². The van der Waals surface area contributed by atoms with E-state index in [2.05, 4.69) is 10.6 Å². The average Bonchev–Trinajstić information content (AvgIpc) is 2.87. The van der Waals surface area contributed by atoms with Gasteiger partial charge in [-0.1, -0.05) is 61.8 Å². The Bertz CT molecular complexity index is 989. The van der Waals surface area contributed by atoms with E-state index < -0.39 is 23.4 Å². The summed E-state index contributed by atoms with van der Waals surface area (Å²) in [6, 6.07) is 12.0. The number of carbonyl (C=O) groups excluding carboxylic acids is 3. The third-order valence-electron chi connectivity index (χ3n) is 5.18. The molecule has 1 fully saturated rings. The van der Waals surface area contributed by atoms with Crippen molar-refractivity contribution in [1.29, 1.82) is 0 Å². The lowest BCUT2D eigenvalue weighted by molar-refractivity contribution is -0.133. The van der Waals surface area contributed by atoms with E-state index in [-0.39, 0.29) is 12.5 Å². The maximum absolute atomic E-state index is 13.0. The van der Waals surface area contributed by atoms with Crippen LogP contribution in [0.3, 0.4) is 0 Å². The molecule has 0 aromatic heterocycles. The molecular formula is C22H24ClN3O3. The highest BCUT2D eigenvalue weighted by Crippen LogP contribution is 2.33. The molecule has 0 saturated carbocycles. The van der Waals surface area contributed by atoms with Crippen LogP contribution in [0.15, 0.2) is 42.5 Å². The Morgan fingerprint density at radius 2 is 1.86 bits per heavy atom. The number of anilines is 1. The Balaban J connectivity index is 1.81. The van der Waals surface area contributed by atoms with Crippen molar-refractivity contribution >= 4 is 35.1 Å². The zero-order valence-corrected chi connectivity index (χ0v) is 17.6. The number of halogens is 1. The smallest absolute Gasteiger partial charge is 0.324 e. The topological polar surface area (TPSA) is 78.5 Å². The van der Waals surface area contributed by atoms with Crippen molar-refractivity contribution < 1.29 is 14.4 Å². The van der Waals surface area contributed by atoms with Gasteiger partial charge in [0.05, 0.1) is 0 Å². The minimum atomic E-state index is -1.32. The molecule has 0 bridgehead atoms. The number of rotatable bonds is 5. The molecule has 0 radical (unpaired) electrons. The van der Waals surface area contributed by atoms with E-state index in [0.29, 0.717) is 16.3 Å². The molecule has 1 heterocycles. The van der Waals surface area contributed by atoms with Gasteiger partial charge in [-0.2, -0.15) is 0 Å². The van der Waals surface area contributed by atoms with E-state index in [1.807, 2.05) is 39.0 Å². The second-order valence-corrected chi connectivity index (χ2v) is 8.08. The standard InChI is InChI=1S/C22H24ClN3O3/c1-13(2)15-9-7-8-14(3)19(15)24-18(27)12-26-20(28)22(4,25-21(26)29)16-10-5-6-11-17(16)23/h5-11,13H,12H2,1-4H3,(H,24,27)(H,25,29)/t22-/m1/s1. The van der Waals surface area contributed by atoms with Crippen molar-refractivity contribution in [3.63, 3.8) is 0 Å². The molecule has 1 saturated heterocycles. The Kier molecular flexibility index (Phi) is 5.66. The molecule has 152 valence electrons. The maximum atomic E-state index is 13.0. The first-order chi connectivity index (χ1) is 13.6. The molecule has 1 aliphatic rings. The summed E-state index contributed by atoms with van der Waals surface area (Å²) < 4.78 is 0. The minimum Gasteiger partial charge on any atom is -0.324 e. The molecule has 0 spiro atoms. The molecule has 29 heavy (non-hydrogen) atoms. The van der Waals surface area contributed by atoms with Crippen molar-refractivity contribution in [2.24, 2.45) is 0 Å². The van der Waals surface area contributed by atoms with Gasteiger partial charge in [0, 0.05) is 16.3 Å². The van der Waals surface area contributed by atoms with E-state index in [1.54, 1.807) is 31.2 Å². The van der Waals surface area contributed by atoms with Crippen molar-refractivity contribution in [2.45, 2.75) is 39.2 Å². The summed E-state index contributed by atoms with van der Waals surface area (Å²) in [7, 11) is 0. The summed E-state index contributed by atoms with van der Waals surface area (Å²) in [5.74, 6) is -0.738. The fraction of sp³-hybridized carbons (Fsp3) is 0.318. The highest BCUT2D eigenvalue weighted by molar-refractivity contribution is 6.32. The monoisotopic (exact) mass is 413 g/mol. The third kappa shape index (κ3) is 3.85. The van der Waals surface area contributed by atoms with Gasteiger partial charge in [0.15, 0.2) is 0 Å². The number of aryl methyl sites for hydroxylation is 1. The van der Waals surface area contributed by atoms with E-state index in [9.17, 15) is 14.4 Å². The fourth-order valence-electron chi connectivity index (χ4n) is 3.55. The molecule has 7 heteroatoms. The predicted molar refractivity (Wildman–Crippen MR) is 113 cm³/mol. The first kappa shape index (κ1) is 20.9. The molecule has 3 rings (SSSR count). The van der Waals surface area contributed by atoms with Gasteiger partial charge >= 0.3 is 6.03 Å². The number of nitrogens with zero attached hydrogens (tertiary/aromatic N) is 1. The van der Waals surface area contributed by atoms with Crippen LogP contribution in [0.4, 0.5) is 10.5 Å². The van der Waals surface area contributed by atoms with Gasteiger partial charge in [-0.05, 0) is 37.0 Å². The Morgan fingerprint density at radius 1 is 1.17 bits per heavy atom. The fourth-order valence-corrected chi connectivity index (χ4v) is 3.88. The van der Waals surface area contributed by atoms with E-state index in [4.69, 9.17) is 11.6 Å². The number of hydrogen-bond acceptors (Lipinski definition) is 3. The molecule has 1 aliphatic heterocycles. The van der Waals surface area contributed by atoms with Crippen molar-refractivity contribution in [2.75, 3.05) is 11.9 Å². The van der Waals surface area contributed by atoms with Crippen LogP contribution >= 0.6 is 11.6 Å². The number of amides is 4. The van der Waals surface area contributed by atoms with Crippen molar-refractivity contribution in [1.82, 2.24) is 10.2 Å². The van der Waals surface area contributed by atoms with Crippen LogP contribution in [0.1, 0.15) is 43.4 Å². The van der Waals surface area contributed by atoms with Gasteiger partial charge in [0.1, 0.15) is 12.1 Å². The molecule has 2 aromatic carbocycles. The van der Waals surface area contributed by atoms with Crippen molar-refractivity contribution in [3.8, 4) is 0 Å². The predicted octanol–water partition coefficient (Wildman–Crippen LogP) is 4.18. The number of benzene rings is 2. The molecular weight excluding hydrogens is 390 g/mol. The lowest BCUT2D eigenvalue weighted by Gasteiger charge is -2.23. The van der Waals surface area contributed by atoms with Gasteiger partial charge in [0.25, 0.3) is 5.91 Å². The number of carbonyl (C=O) groups is 3. The van der Waals surface area contributed by atoms with Crippen LogP contribution in [0, 0.1) is 6.92 Å². The first-order valence-electron chi connectivity index (χ1n) is 9.43. The lowest BCUT2D eigenvalue weighted by atomic mass is 9.92. The average molecular weight is 414 g/mol. The lowest BCUT2D eigenvalue weighted by Crippen LogP contribution is -2.42. The summed E-state index contributed by atoms with van der Waals surface area (Å²) in [4.78, 5) is 39.1. The van der Waals surface area contributed by atoms with Gasteiger partial charge in [-0.25, -0.2) is 4.79 Å². The van der Waals surface area contributed by atoms with Crippen LogP contribution in [0.5, 0.6) is 0 Å². The van der Waals surface area contributed by atoms with E-state index >= 15 is 0 Å². The zero-order valence-electron chi connectivity index (χ0n) is 16.9. The quantitative estimate of drug-likeness (QED) is 0.722.